The first kappa shape index (κ1) is 18.0. The first-order chi connectivity index (χ1) is 10.1. The number of carbonyl (C=O) groups is 2. The van der Waals surface area contributed by atoms with Crippen LogP contribution in [0.25, 0.3) is 0 Å². The van der Waals surface area contributed by atoms with Crippen LogP contribution in [0, 0.1) is 0 Å². The van der Waals surface area contributed by atoms with E-state index in [1.807, 2.05) is 0 Å². The number of ether oxygens (including phenoxy) is 1. The molecule has 7 heteroatoms. The van der Waals surface area contributed by atoms with Crippen LogP contribution in [-0.2, 0) is 26.9 Å². The summed E-state index contributed by atoms with van der Waals surface area (Å²) < 4.78 is 41.9. The van der Waals surface area contributed by atoms with Crippen molar-refractivity contribution in [3.05, 3.63) is 35.4 Å². The Hall–Kier alpha value is -2.05. The van der Waals surface area contributed by atoms with Crippen molar-refractivity contribution in [2.24, 2.45) is 0 Å². The molecule has 0 unspecified atom stereocenters. The maximum absolute atomic E-state index is 12.5. The van der Waals surface area contributed by atoms with Gasteiger partial charge in [0.05, 0.1) is 19.1 Å². The van der Waals surface area contributed by atoms with Gasteiger partial charge in [-0.25, -0.2) is 0 Å². The standard InChI is InChI=1S/C15H18F3NO3/c1-10(2)19(9-14(21)22-3)13(20)8-11-4-6-12(7-5-11)15(16,17)18/h4-7,10H,8-9H2,1-3H3. The minimum atomic E-state index is -4.41. The summed E-state index contributed by atoms with van der Waals surface area (Å²) >= 11 is 0. The lowest BCUT2D eigenvalue weighted by molar-refractivity contribution is -0.148. The van der Waals surface area contributed by atoms with Crippen molar-refractivity contribution >= 4 is 11.9 Å². The Morgan fingerprint density at radius 1 is 1.18 bits per heavy atom. The van der Waals surface area contributed by atoms with Crippen LogP contribution in [0.15, 0.2) is 24.3 Å². The number of alkyl halides is 3. The van der Waals surface area contributed by atoms with Gasteiger partial charge in [0.25, 0.3) is 0 Å². The molecule has 0 aromatic heterocycles. The molecular weight excluding hydrogens is 299 g/mol. The Morgan fingerprint density at radius 3 is 2.14 bits per heavy atom. The molecule has 0 bridgehead atoms. The van der Waals surface area contributed by atoms with E-state index >= 15 is 0 Å². The van der Waals surface area contributed by atoms with Crippen LogP contribution in [0.5, 0.6) is 0 Å². The number of benzene rings is 1. The molecule has 1 rings (SSSR count). The Balaban J connectivity index is 2.79. The van der Waals surface area contributed by atoms with Crippen LogP contribution in [0.1, 0.15) is 25.0 Å². The van der Waals surface area contributed by atoms with Gasteiger partial charge in [-0.15, -0.1) is 0 Å². The molecule has 0 atom stereocenters. The summed E-state index contributed by atoms with van der Waals surface area (Å²) in [6.45, 7) is 3.30. The molecule has 0 heterocycles. The summed E-state index contributed by atoms with van der Waals surface area (Å²) in [5.74, 6) is -0.894. The minimum absolute atomic E-state index is 0.0761. The first-order valence-electron chi connectivity index (χ1n) is 6.67. The van der Waals surface area contributed by atoms with Crippen LogP contribution in [-0.4, -0.2) is 36.5 Å². The molecule has 4 nitrogen and oxygen atoms in total. The number of hydrogen-bond acceptors (Lipinski definition) is 3. The Kier molecular flexibility index (Phi) is 5.96. The fourth-order valence-corrected chi connectivity index (χ4v) is 1.85. The smallest absolute Gasteiger partial charge is 0.416 e. The highest BCUT2D eigenvalue weighted by Gasteiger charge is 2.30. The van der Waals surface area contributed by atoms with Gasteiger partial charge in [0, 0.05) is 6.04 Å². The largest absolute Gasteiger partial charge is 0.468 e. The van der Waals surface area contributed by atoms with Crippen molar-refractivity contribution < 1.29 is 27.5 Å². The zero-order valence-corrected chi connectivity index (χ0v) is 12.6. The van der Waals surface area contributed by atoms with Crippen molar-refractivity contribution in [1.82, 2.24) is 4.90 Å². The van der Waals surface area contributed by atoms with Gasteiger partial charge < -0.3 is 9.64 Å². The van der Waals surface area contributed by atoms with E-state index in [0.717, 1.165) is 12.1 Å². The van der Waals surface area contributed by atoms with Crippen LogP contribution >= 0.6 is 0 Å². The number of rotatable bonds is 5. The number of hydrogen-bond donors (Lipinski definition) is 0. The zero-order valence-electron chi connectivity index (χ0n) is 12.6. The summed E-state index contributed by atoms with van der Waals surface area (Å²) in [5.41, 5.74) is -0.313. The summed E-state index contributed by atoms with van der Waals surface area (Å²) in [6, 6.07) is 4.17. The van der Waals surface area contributed by atoms with Gasteiger partial charge in [-0.3, -0.25) is 9.59 Å². The minimum Gasteiger partial charge on any atom is -0.468 e. The molecular formula is C15H18F3NO3. The van der Waals surface area contributed by atoms with E-state index in [9.17, 15) is 22.8 Å². The molecule has 0 spiro atoms. The van der Waals surface area contributed by atoms with Gasteiger partial charge in [0.15, 0.2) is 0 Å². The molecule has 1 amide bonds. The molecule has 0 saturated heterocycles. The fraction of sp³-hybridized carbons (Fsp3) is 0.467. The number of halogens is 3. The van der Waals surface area contributed by atoms with E-state index in [1.54, 1.807) is 13.8 Å². The number of nitrogens with zero attached hydrogens (tertiary/aromatic N) is 1. The predicted molar refractivity (Wildman–Crippen MR) is 74.0 cm³/mol. The van der Waals surface area contributed by atoms with Gasteiger partial charge in [0.1, 0.15) is 6.54 Å². The second-order valence-electron chi connectivity index (χ2n) is 5.06. The second-order valence-corrected chi connectivity index (χ2v) is 5.06. The summed E-state index contributed by atoms with van der Waals surface area (Å²) in [4.78, 5) is 24.8. The van der Waals surface area contributed by atoms with Crippen LogP contribution in [0.2, 0.25) is 0 Å². The second kappa shape index (κ2) is 7.29. The molecule has 0 fully saturated rings. The molecule has 1 aromatic rings. The third-order valence-electron chi connectivity index (χ3n) is 3.11. The van der Waals surface area contributed by atoms with E-state index in [0.29, 0.717) is 5.56 Å². The molecule has 0 aliphatic heterocycles. The third-order valence-corrected chi connectivity index (χ3v) is 3.11. The lowest BCUT2D eigenvalue weighted by atomic mass is 10.1. The number of methoxy groups -OCH3 is 1. The number of carbonyl (C=O) groups excluding carboxylic acids is 2. The zero-order chi connectivity index (χ0) is 16.9. The molecule has 0 N–H and O–H groups in total. The molecule has 122 valence electrons. The fourth-order valence-electron chi connectivity index (χ4n) is 1.85. The van der Waals surface area contributed by atoms with E-state index in [4.69, 9.17) is 0 Å². The maximum atomic E-state index is 12.5. The summed E-state index contributed by atoms with van der Waals surface area (Å²) in [7, 11) is 1.22. The van der Waals surface area contributed by atoms with E-state index < -0.39 is 17.7 Å². The average Bonchev–Trinajstić information content (AvgIpc) is 2.43. The van der Waals surface area contributed by atoms with Gasteiger partial charge in [-0.05, 0) is 31.5 Å². The van der Waals surface area contributed by atoms with E-state index in [1.165, 1.54) is 24.1 Å². The summed E-state index contributed by atoms with van der Waals surface area (Å²) in [5, 5.41) is 0. The monoisotopic (exact) mass is 317 g/mol. The predicted octanol–water partition coefficient (Wildman–Crippen LogP) is 2.66. The topological polar surface area (TPSA) is 46.6 Å². The van der Waals surface area contributed by atoms with Gasteiger partial charge in [-0.1, -0.05) is 12.1 Å². The first-order valence-corrected chi connectivity index (χ1v) is 6.67. The number of esters is 1. The highest BCUT2D eigenvalue weighted by Crippen LogP contribution is 2.29. The maximum Gasteiger partial charge on any atom is 0.416 e. The lowest BCUT2D eigenvalue weighted by Gasteiger charge is -2.25. The highest BCUT2D eigenvalue weighted by molar-refractivity contribution is 5.83. The molecule has 0 aliphatic rings. The number of amides is 1. The quantitative estimate of drug-likeness (QED) is 0.784. The van der Waals surface area contributed by atoms with Crippen molar-refractivity contribution in [2.75, 3.05) is 13.7 Å². The van der Waals surface area contributed by atoms with Crippen LogP contribution < -0.4 is 0 Å². The Morgan fingerprint density at radius 2 is 1.73 bits per heavy atom. The van der Waals surface area contributed by atoms with Crippen LogP contribution in [0.3, 0.4) is 0 Å². The highest BCUT2D eigenvalue weighted by atomic mass is 19.4. The average molecular weight is 317 g/mol. The van der Waals surface area contributed by atoms with Crippen molar-refractivity contribution in [2.45, 2.75) is 32.5 Å². The van der Waals surface area contributed by atoms with Crippen molar-refractivity contribution in [3.8, 4) is 0 Å². The van der Waals surface area contributed by atoms with Gasteiger partial charge >= 0.3 is 12.1 Å². The molecule has 1 aromatic carbocycles. The Bertz CT molecular complexity index is 524. The molecule has 22 heavy (non-hydrogen) atoms. The molecule has 0 radical (unpaired) electrons. The van der Waals surface area contributed by atoms with Gasteiger partial charge in [0.2, 0.25) is 5.91 Å². The molecule has 0 aliphatic carbocycles. The van der Waals surface area contributed by atoms with E-state index in [2.05, 4.69) is 4.74 Å². The lowest BCUT2D eigenvalue weighted by Crippen LogP contribution is -2.41. The van der Waals surface area contributed by atoms with Crippen molar-refractivity contribution in [1.29, 1.82) is 0 Å². The van der Waals surface area contributed by atoms with Crippen LogP contribution in [0.4, 0.5) is 13.2 Å². The SMILES string of the molecule is COC(=O)CN(C(=O)Cc1ccc(C(F)(F)F)cc1)C(C)C. The normalized spacial score (nSPS) is 11.4. The summed E-state index contributed by atoms with van der Waals surface area (Å²) in [6.07, 6.45) is -4.48. The Labute approximate surface area is 126 Å². The van der Waals surface area contributed by atoms with E-state index in [-0.39, 0.29) is 24.9 Å². The third kappa shape index (κ3) is 5.05. The van der Waals surface area contributed by atoms with Crippen molar-refractivity contribution in [3.63, 3.8) is 0 Å². The molecule has 0 saturated carbocycles. The van der Waals surface area contributed by atoms with Gasteiger partial charge in [-0.2, -0.15) is 13.2 Å².